The number of fused-ring (bicyclic) bond motifs is 1. The summed E-state index contributed by atoms with van der Waals surface area (Å²) in [6.45, 7) is 0.400. The molecular formula is C15H17F2N3O3S. The minimum atomic E-state index is -2.92. The molecule has 2 heterocycles. The van der Waals surface area contributed by atoms with E-state index < -0.39 is 22.1 Å². The van der Waals surface area contributed by atoms with Crippen molar-refractivity contribution < 1.29 is 22.0 Å². The maximum atomic E-state index is 12.6. The number of nitrogens with one attached hydrogen (secondary N) is 2. The molecule has 24 heavy (non-hydrogen) atoms. The molecular weight excluding hydrogens is 340 g/mol. The van der Waals surface area contributed by atoms with Gasteiger partial charge in [0.2, 0.25) is 0 Å². The van der Waals surface area contributed by atoms with Crippen LogP contribution in [0.15, 0.2) is 18.2 Å². The van der Waals surface area contributed by atoms with Crippen LogP contribution in [0, 0.1) is 5.92 Å². The van der Waals surface area contributed by atoms with Crippen molar-refractivity contribution in [3.63, 3.8) is 0 Å². The van der Waals surface area contributed by atoms with Crippen LogP contribution in [0.1, 0.15) is 35.4 Å². The predicted octanol–water partition coefficient (Wildman–Crippen LogP) is 2.06. The topological polar surface area (TPSA) is 91.9 Å². The van der Waals surface area contributed by atoms with Gasteiger partial charge in [-0.2, -0.15) is 0 Å². The number of aromatic nitrogens is 2. The van der Waals surface area contributed by atoms with Gasteiger partial charge < -0.3 is 10.3 Å². The molecule has 2 aromatic rings. The zero-order valence-corrected chi connectivity index (χ0v) is 13.6. The normalized spacial score (nSPS) is 18.1. The fraction of sp³-hybridized carbons (Fsp3) is 0.467. The van der Waals surface area contributed by atoms with Gasteiger partial charge in [0.1, 0.15) is 9.84 Å². The molecule has 1 aromatic heterocycles. The SMILES string of the molecule is O=C(NCC1CCS(=O)(=O)CC1)c1ccc2nc(C(F)F)[nH]c2c1. The minimum absolute atomic E-state index is 0.138. The third-order valence-corrected chi connectivity index (χ3v) is 5.91. The highest BCUT2D eigenvalue weighted by molar-refractivity contribution is 7.91. The molecule has 1 amide bonds. The summed E-state index contributed by atoms with van der Waals surface area (Å²) in [4.78, 5) is 18.4. The lowest BCUT2D eigenvalue weighted by Crippen LogP contribution is -2.34. The summed E-state index contributed by atoms with van der Waals surface area (Å²) in [5, 5.41) is 2.77. The summed E-state index contributed by atoms with van der Waals surface area (Å²) in [6.07, 6.45) is -1.61. The predicted molar refractivity (Wildman–Crippen MR) is 84.8 cm³/mol. The van der Waals surface area contributed by atoms with Crippen LogP contribution < -0.4 is 5.32 Å². The highest BCUT2D eigenvalue weighted by Gasteiger charge is 2.24. The number of nitrogens with zero attached hydrogens (tertiary/aromatic N) is 1. The third-order valence-electron chi connectivity index (χ3n) is 4.19. The molecule has 2 N–H and O–H groups in total. The van der Waals surface area contributed by atoms with Crippen molar-refractivity contribution in [1.29, 1.82) is 0 Å². The number of carbonyl (C=O) groups is 1. The van der Waals surface area contributed by atoms with Crippen molar-refractivity contribution >= 4 is 26.8 Å². The second kappa shape index (κ2) is 6.46. The molecule has 0 bridgehead atoms. The van der Waals surface area contributed by atoms with Gasteiger partial charge in [-0.1, -0.05) is 0 Å². The first kappa shape index (κ1) is 16.8. The van der Waals surface area contributed by atoms with Gasteiger partial charge in [0, 0.05) is 12.1 Å². The molecule has 6 nitrogen and oxygen atoms in total. The number of benzene rings is 1. The summed E-state index contributed by atoms with van der Waals surface area (Å²) in [6, 6.07) is 4.52. The maximum Gasteiger partial charge on any atom is 0.295 e. The summed E-state index contributed by atoms with van der Waals surface area (Å²) in [5.74, 6) is -0.294. The Kier molecular flexibility index (Phi) is 4.53. The first-order chi connectivity index (χ1) is 11.3. The van der Waals surface area contributed by atoms with Crippen LogP contribution in [-0.4, -0.2) is 42.3 Å². The van der Waals surface area contributed by atoms with Crippen LogP contribution in [-0.2, 0) is 9.84 Å². The van der Waals surface area contributed by atoms with E-state index in [1.54, 1.807) is 0 Å². The molecule has 0 aliphatic carbocycles. The molecule has 3 rings (SSSR count). The van der Waals surface area contributed by atoms with Crippen molar-refractivity contribution in [3.05, 3.63) is 29.6 Å². The van der Waals surface area contributed by atoms with Gasteiger partial charge in [-0.25, -0.2) is 22.2 Å². The van der Waals surface area contributed by atoms with Crippen molar-refractivity contribution in [3.8, 4) is 0 Å². The first-order valence-electron chi connectivity index (χ1n) is 7.60. The quantitative estimate of drug-likeness (QED) is 0.876. The van der Waals surface area contributed by atoms with Gasteiger partial charge in [0.05, 0.1) is 22.5 Å². The zero-order chi connectivity index (χ0) is 17.3. The fourth-order valence-electron chi connectivity index (χ4n) is 2.76. The van der Waals surface area contributed by atoms with Gasteiger partial charge >= 0.3 is 0 Å². The Bertz CT molecular complexity index is 850. The van der Waals surface area contributed by atoms with Gasteiger partial charge in [-0.05, 0) is 37.0 Å². The number of aromatic amines is 1. The van der Waals surface area contributed by atoms with Gasteiger partial charge in [-0.3, -0.25) is 4.79 Å². The Morgan fingerprint density at radius 3 is 2.71 bits per heavy atom. The highest BCUT2D eigenvalue weighted by atomic mass is 32.2. The van der Waals surface area contributed by atoms with E-state index in [1.807, 2.05) is 0 Å². The molecule has 0 unspecified atom stereocenters. The van der Waals surface area contributed by atoms with E-state index in [9.17, 15) is 22.0 Å². The minimum Gasteiger partial charge on any atom is -0.352 e. The summed E-state index contributed by atoms with van der Waals surface area (Å²) in [7, 11) is -2.92. The number of imidazole rings is 1. The van der Waals surface area contributed by atoms with E-state index in [0.29, 0.717) is 36.0 Å². The van der Waals surface area contributed by atoms with Gasteiger partial charge in [-0.15, -0.1) is 0 Å². The Hall–Kier alpha value is -2.03. The second-order valence-corrected chi connectivity index (χ2v) is 8.26. The molecule has 1 aliphatic heterocycles. The molecule has 130 valence electrons. The van der Waals surface area contributed by atoms with Crippen LogP contribution in [0.25, 0.3) is 11.0 Å². The van der Waals surface area contributed by atoms with Crippen LogP contribution in [0.2, 0.25) is 0 Å². The van der Waals surface area contributed by atoms with Crippen molar-refractivity contribution in [2.75, 3.05) is 18.1 Å². The lowest BCUT2D eigenvalue weighted by molar-refractivity contribution is 0.0946. The van der Waals surface area contributed by atoms with Gasteiger partial charge in [0.25, 0.3) is 12.3 Å². The molecule has 0 saturated carbocycles. The Balaban J connectivity index is 1.63. The molecule has 0 radical (unpaired) electrons. The van der Waals surface area contributed by atoms with Crippen LogP contribution in [0.4, 0.5) is 8.78 Å². The summed E-state index contributed by atoms with van der Waals surface area (Å²) < 4.78 is 48.0. The molecule has 9 heteroatoms. The van der Waals surface area contributed by atoms with Crippen LogP contribution in [0.5, 0.6) is 0 Å². The number of sulfone groups is 1. The first-order valence-corrected chi connectivity index (χ1v) is 9.42. The molecule has 0 spiro atoms. The van der Waals surface area contributed by atoms with Crippen molar-refractivity contribution in [2.24, 2.45) is 5.92 Å². The number of carbonyl (C=O) groups excluding carboxylic acids is 1. The van der Waals surface area contributed by atoms with E-state index in [4.69, 9.17) is 0 Å². The molecule has 1 fully saturated rings. The second-order valence-electron chi connectivity index (χ2n) is 5.96. The third kappa shape index (κ3) is 3.72. The van der Waals surface area contributed by atoms with E-state index in [1.165, 1.54) is 18.2 Å². The number of H-pyrrole nitrogens is 1. The van der Waals surface area contributed by atoms with Gasteiger partial charge in [0.15, 0.2) is 5.82 Å². The number of rotatable bonds is 4. The standard InChI is InChI=1S/C15H17F2N3O3S/c16-13(17)14-19-11-2-1-10(7-12(11)20-14)15(21)18-8-9-3-5-24(22,23)6-4-9/h1-2,7,9,13H,3-6,8H2,(H,18,21)(H,19,20). The number of amides is 1. The largest absolute Gasteiger partial charge is 0.352 e. The van der Waals surface area contributed by atoms with Crippen molar-refractivity contribution in [2.45, 2.75) is 19.3 Å². The molecule has 0 atom stereocenters. The average Bonchev–Trinajstić information content (AvgIpc) is 2.97. The molecule has 1 aliphatic rings. The number of halogens is 2. The lowest BCUT2D eigenvalue weighted by Gasteiger charge is -2.22. The fourth-order valence-corrected chi connectivity index (χ4v) is 4.35. The van der Waals surface area contributed by atoms with Crippen molar-refractivity contribution in [1.82, 2.24) is 15.3 Å². The summed E-state index contributed by atoms with van der Waals surface area (Å²) in [5.41, 5.74) is 1.09. The smallest absolute Gasteiger partial charge is 0.295 e. The van der Waals surface area contributed by atoms with E-state index >= 15 is 0 Å². The Morgan fingerprint density at radius 2 is 2.04 bits per heavy atom. The lowest BCUT2D eigenvalue weighted by atomic mass is 10.0. The average molecular weight is 357 g/mol. The number of hydrogen-bond acceptors (Lipinski definition) is 4. The Morgan fingerprint density at radius 1 is 1.33 bits per heavy atom. The zero-order valence-electron chi connectivity index (χ0n) is 12.8. The monoisotopic (exact) mass is 357 g/mol. The van der Waals surface area contributed by atoms with E-state index in [0.717, 1.165) is 0 Å². The van der Waals surface area contributed by atoms with Crippen LogP contribution >= 0.6 is 0 Å². The number of alkyl halides is 2. The maximum absolute atomic E-state index is 12.6. The molecule has 1 aromatic carbocycles. The number of hydrogen-bond donors (Lipinski definition) is 2. The summed E-state index contributed by atoms with van der Waals surface area (Å²) >= 11 is 0. The van der Waals surface area contributed by atoms with Crippen LogP contribution in [0.3, 0.4) is 0 Å². The highest BCUT2D eigenvalue weighted by Crippen LogP contribution is 2.21. The van der Waals surface area contributed by atoms with E-state index in [-0.39, 0.29) is 23.3 Å². The van der Waals surface area contributed by atoms with E-state index in [2.05, 4.69) is 15.3 Å². The Labute approximate surface area is 137 Å². The molecule has 1 saturated heterocycles.